The normalized spacial score (nSPS) is 10.4. The second-order valence-corrected chi connectivity index (χ2v) is 4.06. The number of allylic oxidation sites excluding steroid dienone is 1. The molecule has 0 spiro atoms. The molecular formula is C13H20N2. The van der Waals surface area contributed by atoms with Gasteiger partial charge in [0.2, 0.25) is 0 Å². The number of hydrogen-bond acceptors (Lipinski definition) is 2. The van der Waals surface area contributed by atoms with Crippen molar-refractivity contribution in [3.05, 3.63) is 40.4 Å². The van der Waals surface area contributed by atoms with Crippen molar-refractivity contribution in [1.82, 2.24) is 4.98 Å². The first-order valence-electron chi connectivity index (χ1n) is 5.36. The van der Waals surface area contributed by atoms with E-state index in [9.17, 15) is 0 Å². The highest BCUT2D eigenvalue weighted by Gasteiger charge is 2.10. The maximum absolute atomic E-state index is 5.69. The van der Waals surface area contributed by atoms with Crippen LogP contribution in [0, 0.1) is 20.8 Å². The first kappa shape index (κ1) is 11.8. The van der Waals surface area contributed by atoms with Crippen molar-refractivity contribution in [3.8, 4) is 0 Å². The molecule has 0 atom stereocenters. The molecular weight excluding hydrogens is 184 g/mol. The average Bonchev–Trinajstić information content (AvgIpc) is 2.18. The number of aromatic nitrogens is 1. The van der Waals surface area contributed by atoms with Gasteiger partial charge in [-0.15, -0.1) is 0 Å². The molecule has 0 aliphatic heterocycles. The summed E-state index contributed by atoms with van der Waals surface area (Å²) in [7, 11) is 0. The van der Waals surface area contributed by atoms with E-state index in [0.717, 1.165) is 18.5 Å². The number of nitrogens with zero attached hydrogens (tertiary/aromatic N) is 1. The summed E-state index contributed by atoms with van der Waals surface area (Å²) in [6, 6.07) is 0. The fourth-order valence-corrected chi connectivity index (χ4v) is 1.88. The first-order valence-corrected chi connectivity index (χ1v) is 5.36. The molecule has 0 bridgehead atoms. The number of nitrogens with two attached hydrogens (primary N) is 1. The summed E-state index contributed by atoms with van der Waals surface area (Å²) in [6.07, 6.45) is 1.73. The van der Waals surface area contributed by atoms with Crippen molar-refractivity contribution in [3.63, 3.8) is 0 Å². The molecule has 2 nitrogen and oxygen atoms in total. The van der Waals surface area contributed by atoms with E-state index in [1.165, 1.54) is 22.4 Å². The highest BCUT2D eigenvalue weighted by molar-refractivity contribution is 5.40. The first-order chi connectivity index (χ1) is 6.97. The van der Waals surface area contributed by atoms with Crippen LogP contribution in [0.3, 0.4) is 0 Å². The zero-order valence-corrected chi connectivity index (χ0v) is 10.1. The molecule has 1 rings (SSSR count). The summed E-state index contributed by atoms with van der Waals surface area (Å²) >= 11 is 0. The van der Waals surface area contributed by atoms with Crippen LogP contribution in [0.1, 0.15) is 35.0 Å². The van der Waals surface area contributed by atoms with Gasteiger partial charge in [0.05, 0.1) is 0 Å². The van der Waals surface area contributed by atoms with Crippen LogP contribution in [0.15, 0.2) is 12.3 Å². The van der Waals surface area contributed by atoms with Crippen molar-refractivity contribution in [2.24, 2.45) is 5.73 Å². The second kappa shape index (κ2) is 4.47. The summed E-state index contributed by atoms with van der Waals surface area (Å²) < 4.78 is 0. The molecule has 0 unspecified atom stereocenters. The predicted molar refractivity (Wildman–Crippen MR) is 64.9 cm³/mol. The van der Waals surface area contributed by atoms with Gasteiger partial charge in [0.1, 0.15) is 0 Å². The van der Waals surface area contributed by atoms with Gasteiger partial charge in [-0.2, -0.15) is 0 Å². The van der Waals surface area contributed by atoms with Gasteiger partial charge in [0.25, 0.3) is 0 Å². The zero-order valence-electron chi connectivity index (χ0n) is 10.1. The van der Waals surface area contributed by atoms with E-state index in [2.05, 4.69) is 39.3 Å². The van der Waals surface area contributed by atoms with Crippen LogP contribution in [-0.4, -0.2) is 4.98 Å². The zero-order chi connectivity index (χ0) is 11.6. The second-order valence-electron chi connectivity index (χ2n) is 4.06. The molecule has 82 valence electrons. The molecule has 2 N–H and O–H groups in total. The molecule has 1 aromatic heterocycles. The van der Waals surface area contributed by atoms with E-state index in [1.807, 2.05) is 0 Å². The molecule has 1 heterocycles. The van der Waals surface area contributed by atoms with Crippen LogP contribution in [0.25, 0.3) is 0 Å². The van der Waals surface area contributed by atoms with Crippen molar-refractivity contribution >= 4 is 0 Å². The van der Waals surface area contributed by atoms with Crippen molar-refractivity contribution < 1.29 is 0 Å². The number of pyridine rings is 1. The average molecular weight is 204 g/mol. The molecule has 0 fully saturated rings. The van der Waals surface area contributed by atoms with Gasteiger partial charge in [-0.1, -0.05) is 13.5 Å². The largest absolute Gasteiger partial charge is 0.402 e. The molecule has 0 saturated carbocycles. The van der Waals surface area contributed by atoms with Gasteiger partial charge in [-0.05, 0) is 43.9 Å². The minimum atomic E-state index is 0.717. The molecule has 0 radical (unpaired) electrons. The monoisotopic (exact) mass is 204 g/mol. The van der Waals surface area contributed by atoms with Gasteiger partial charge >= 0.3 is 0 Å². The van der Waals surface area contributed by atoms with Crippen molar-refractivity contribution in [2.45, 2.75) is 40.5 Å². The van der Waals surface area contributed by atoms with E-state index in [-0.39, 0.29) is 0 Å². The van der Waals surface area contributed by atoms with E-state index in [0.29, 0.717) is 5.70 Å². The van der Waals surface area contributed by atoms with Gasteiger partial charge < -0.3 is 5.73 Å². The molecule has 0 saturated heterocycles. The molecule has 1 aromatic rings. The number of rotatable bonds is 3. The molecule has 15 heavy (non-hydrogen) atoms. The van der Waals surface area contributed by atoms with Crippen LogP contribution >= 0.6 is 0 Å². The Morgan fingerprint density at radius 3 is 2.33 bits per heavy atom. The Balaban J connectivity index is 3.33. The van der Waals surface area contributed by atoms with Crippen LogP contribution in [0.2, 0.25) is 0 Å². The lowest BCUT2D eigenvalue weighted by Gasteiger charge is -2.15. The fourth-order valence-electron chi connectivity index (χ4n) is 1.88. The fraction of sp³-hybridized carbons (Fsp3) is 0.462. The van der Waals surface area contributed by atoms with Crippen LogP contribution in [0.4, 0.5) is 0 Å². The minimum absolute atomic E-state index is 0.717. The number of aryl methyl sites for hydroxylation is 2. The van der Waals surface area contributed by atoms with Gasteiger partial charge in [-0.25, -0.2) is 0 Å². The molecule has 2 heteroatoms. The van der Waals surface area contributed by atoms with Crippen LogP contribution in [-0.2, 0) is 12.8 Å². The lowest BCUT2D eigenvalue weighted by atomic mass is 9.96. The smallest absolute Gasteiger partial charge is 0.0436 e. The Kier molecular flexibility index (Phi) is 3.51. The number of hydrogen-bond donors (Lipinski definition) is 1. The van der Waals surface area contributed by atoms with E-state index in [1.54, 1.807) is 0 Å². The summed E-state index contributed by atoms with van der Waals surface area (Å²) in [4.78, 5) is 4.59. The highest BCUT2D eigenvalue weighted by atomic mass is 14.7. The van der Waals surface area contributed by atoms with Crippen LogP contribution < -0.4 is 5.73 Å². The minimum Gasteiger partial charge on any atom is -0.402 e. The Labute approximate surface area is 92.2 Å². The SMILES string of the molecule is C=C(N)Cc1c(C)c(C)nc(CC)c1C. The summed E-state index contributed by atoms with van der Waals surface area (Å²) in [5, 5.41) is 0. The third-order valence-electron chi connectivity index (χ3n) is 2.92. The Morgan fingerprint density at radius 1 is 1.27 bits per heavy atom. The van der Waals surface area contributed by atoms with Gasteiger partial charge in [0, 0.05) is 23.5 Å². The Morgan fingerprint density at radius 2 is 1.87 bits per heavy atom. The van der Waals surface area contributed by atoms with E-state index < -0.39 is 0 Å². The summed E-state index contributed by atoms with van der Waals surface area (Å²) in [5.41, 5.74) is 12.5. The molecule has 0 aliphatic carbocycles. The quantitative estimate of drug-likeness (QED) is 0.822. The highest BCUT2D eigenvalue weighted by Crippen LogP contribution is 2.21. The maximum atomic E-state index is 5.69. The van der Waals surface area contributed by atoms with Gasteiger partial charge in [-0.3, -0.25) is 4.98 Å². The van der Waals surface area contributed by atoms with Crippen LogP contribution in [0.5, 0.6) is 0 Å². The third kappa shape index (κ3) is 2.38. The molecule has 0 amide bonds. The van der Waals surface area contributed by atoms with Crippen molar-refractivity contribution in [1.29, 1.82) is 0 Å². The molecule has 0 aromatic carbocycles. The summed E-state index contributed by atoms with van der Waals surface area (Å²) in [5.74, 6) is 0. The third-order valence-corrected chi connectivity index (χ3v) is 2.92. The maximum Gasteiger partial charge on any atom is 0.0436 e. The van der Waals surface area contributed by atoms with Crippen molar-refractivity contribution in [2.75, 3.05) is 0 Å². The summed E-state index contributed by atoms with van der Waals surface area (Å²) in [6.45, 7) is 12.2. The Bertz CT molecular complexity index is 392. The van der Waals surface area contributed by atoms with E-state index in [4.69, 9.17) is 5.73 Å². The standard InChI is InChI=1S/C13H20N2/c1-6-13-10(4)12(7-8(2)14)9(3)11(5)15-13/h2,6-7,14H2,1,3-5H3. The topological polar surface area (TPSA) is 38.9 Å². The van der Waals surface area contributed by atoms with Gasteiger partial charge in [0.15, 0.2) is 0 Å². The predicted octanol–water partition coefficient (Wildman–Crippen LogP) is 2.58. The lowest BCUT2D eigenvalue weighted by molar-refractivity contribution is 0.930. The lowest BCUT2D eigenvalue weighted by Crippen LogP contribution is -2.08. The molecule has 0 aliphatic rings. The Hall–Kier alpha value is -1.31. The van der Waals surface area contributed by atoms with E-state index >= 15 is 0 Å².